The number of urea groups is 1. The molecule has 4 N–H and O–H groups in total. The minimum absolute atomic E-state index is 0. The number of rotatable bonds is 13. The minimum Gasteiger partial charge on any atom is -0.439 e. The minimum atomic E-state index is -3.37. The molecule has 256 valence electrons. The summed E-state index contributed by atoms with van der Waals surface area (Å²) in [4.78, 5) is 33.2. The lowest BCUT2D eigenvalue weighted by molar-refractivity contribution is 0.0996. The zero-order valence-electron chi connectivity index (χ0n) is 26.6. The van der Waals surface area contributed by atoms with Crippen molar-refractivity contribution < 1.29 is 31.5 Å². The van der Waals surface area contributed by atoms with E-state index in [9.17, 15) is 26.8 Å². The third-order valence-corrected chi connectivity index (χ3v) is 9.13. The molecule has 3 aromatic rings. The fourth-order valence-electron chi connectivity index (χ4n) is 5.20. The fraction of sp³-hybridized carbons (Fsp3) is 0.406. The van der Waals surface area contributed by atoms with Gasteiger partial charge in [-0.05, 0) is 68.5 Å². The average Bonchev–Trinajstić information content (AvgIpc) is 3.01. The van der Waals surface area contributed by atoms with Gasteiger partial charge in [0.1, 0.15) is 17.4 Å². The number of nitrogens with zero attached hydrogens (tertiary/aromatic N) is 3. The Balaban J connectivity index is 0.00000600. The summed E-state index contributed by atoms with van der Waals surface area (Å²) in [6.45, 7) is 7.99. The number of aryl methyl sites for hydroxylation is 1. The number of nitrogens with two attached hydrogens (primary N) is 1. The van der Waals surface area contributed by atoms with Crippen LogP contribution in [-0.4, -0.2) is 66.6 Å². The Morgan fingerprint density at radius 1 is 1.09 bits per heavy atom. The number of halogens is 3. The van der Waals surface area contributed by atoms with Crippen molar-refractivity contribution in [3.05, 3.63) is 77.0 Å². The van der Waals surface area contributed by atoms with Crippen LogP contribution in [0, 0.1) is 18.6 Å². The van der Waals surface area contributed by atoms with Crippen LogP contribution in [0.2, 0.25) is 0 Å². The summed E-state index contributed by atoms with van der Waals surface area (Å²) in [5, 5.41) is 2.51. The first-order valence-electron chi connectivity index (χ1n) is 15.2. The van der Waals surface area contributed by atoms with E-state index in [-0.39, 0.29) is 29.9 Å². The van der Waals surface area contributed by atoms with Crippen molar-refractivity contribution in [2.75, 3.05) is 35.4 Å². The molecule has 0 bridgehead atoms. The molecule has 47 heavy (non-hydrogen) atoms. The third-order valence-electron chi connectivity index (χ3n) is 7.82. The van der Waals surface area contributed by atoms with Crippen molar-refractivity contribution >= 4 is 45.7 Å². The van der Waals surface area contributed by atoms with E-state index in [1.807, 2.05) is 19.9 Å². The van der Waals surface area contributed by atoms with Crippen molar-refractivity contribution in [2.45, 2.75) is 59.0 Å². The summed E-state index contributed by atoms with van der Waals surface area (Å²) in [5.41, 5.74) is 6.60. The molecule has 1 aliphatic rings. The Morgan fingerprint density at radius 2 is 1.81 bits per heavy atom. The lowest BCUT2D eigenvalue weighted by Gasteiger charge is -2.38. The highest BCUT2D eigenvalue weighted by Gasteiger charge is 2.29. The maximum absolute atomic E-state index is 14.4. The van der Waals surface area contributed by atoms with Gasteiger partial charge in [-0.25, -0.2) is 27.0 Å². The van der Waals surface area contributed by atoms with Crippen molar-refractivity contribution in [1.29, 1.82) is 0 Å². The van der Waals surface area contributed by atoms with Gasteiger partial charge in [0.25, 0.3) is 5.91 Å². The second kappa shape index (κ2) is 16.7. The van der Waals surface area contributed by atoms with Gasteiger partial charge >= 0.3 is 6.03 Å². The Hall–Kier alpha value is -4.01. The monoisotopic (exact) mass is 694 g/mol. The number of amides is 3. The van der Waals surface area contributed by atoms with E-state index in [0.717, 1.165) is 43.1 Å². The molecule has 4 rings (SSSR count). The SMILES string of the molecule is CCCCN(C(=O)Nc1cc(C(N)=O)c(F)cc1F)C1CCN(Cc2ccc(Oc3ccc(NS(=O)(=O)CC)cc3C)nc2)CC1.Cl. The van der Waals surface area contributed by atoms with Crippen LogP contribution in [0.1, 0.15) is 61.0 Å². The number of primary amides is 1. The Bertz CT molecular complexity index is 1650. The summed E-state index contributed by atoms with van der Waals surface area (Å²) in [6.07, 6.45) is 4.77. The van der Waals surface area contributed by atoms with E-state index in [1.165, 1.54) is 0 Å². The number of anilines is 2. The summed E-state index contributed by atoms with van der Waals surface area (Å²) in [5.74, 6) is -2.18. The molecular formula is C32H41ClF2N6O5S. The van der Waals surface area contributed by atoms with Gasteiger partial charge < -0.3 is 20.7 Å². The maximum atomic E-state index is 14.4. The number of pyridine rings is 1. The lowest BCUT2D eigenvalue weighted by atomic mass is 10.0. The summed E-state index contributed by atoms with van der Waals surface area (Å²) in [7, 11) is -3.37. The highest BCUT2D eigenvalue weighted by Crippen LogP contribution is 2.28. The molecule has 0 atom stereocenters. The molecule has 2 heterocycles. The third kappa shape index (κ3) is 10.2. The number of unbranched alkanes of at least 4 members (excludes halogenated alkanes) is 1. The number of sulfonamides is 1. The quantitative estimate of drug-likeness (QED) is 0.198. The second-order valence-electron chi connectivity index (χ2n) is 11.3. The van der Waals surface area contributed by atoms with E-state index in [2.05, 4.69) is 19.9 Å². The van der Waals surface area contributed by atoms with Gasteiger partial charge in [-0.2, -0.15) is 0 Å². The van der Waals surface area contributed by atoms with Crippen LogP contribution >= 0.6 is 12.4 Å². The van der Waals surface area contributed by atoms with Crippen molar-refractivity contribution in [3.8, 4) is 11.6 Å². The number of piperidine rings is 1. The Labute approximate surface area is 280 Å². The van der Waals surface area contributed by atoms with E-state index in [0.29, 0.717) is 49.3 Å². The highest BCUT2D eigenvalue weighted by molar-refractivity contribution is 7.92. The summed E-state index contributed by atoms with van der Waals surface area (Å²) < 4.78 is 60.5. The normalized spacial score (nSPS) is 13.8. The number of carbonyl (C=O) groups excluding carboxylic acids is 2. The number of hydrogen-bond acceptors (Lipinski definition) is 7. The number of nitrogens with one attached hydrogen (secondary N) is 2. The van der Waals surface area contributed by atoms with E-state index >= 15 is 0 Å². The molecule has 0 unspecified atom stereocenters. The van der Waals surface area contributed by atoms with Crippen LogP contribution in [-0.2, 0) is 16.6 Å². The Morgan fingerprint density at radius 3 is 2.40 bits per heavy atom. The molecule has 15 heteroatoms. The molecule has 1 aliphatic heterocycles. The van der Waals surface area contributed by atoms with E-state index in [4.69, 9.17) is 10.5 Å². The molecule has 0 saturated carbocycles. The van der Waals surface area contributed by atoms with Crippen LogP contribution in [0.3, 0.4) is 0 Å². The lowest BCUT2D eigenvalue weighted by Crippen LogP contribution is -2.49. The fourth-order valence-corrected chi connectivity index (χ4v) is 5.83. The van der Waals surface area contributed by atoms with Crippen LogP contribution in [0.4, 0.5) is 25.0 Å². The molecule has 0 aliphatic carbocycles. The molecule has 0 spiro atoms. The number of ether oxygens (including phenoxy) is 1. The predicted molar refractivity (Wildman–Crippen MR) is 180 cm³/mol. The van der Waals surface area contributed by atoms with Gasteiger partial charge in [-0.1, -0.05) is 19.4 Å². The summed E-state index contributed by atoms with van der Waals surface area (Å²) >= 11 is 0. The second-order valence-corrected chi connectivity index (χ2v) is 13.3. The van der Waals surface area contributed by atoms with Gasteiger partial charge in [0.05, 0.1) is 17.0 Å². The molecule has 3 amide bonds. The molecule has 11 nitrogen and oxygen atoms in total. The van der Waals surface area contributed by atoms with Gasteiger partial charge in [0, 0.05) is 56.2 Å². The zero-order valence-corrected chi connectivity index (χ0v) is 28.2. The van der Waals surface area contributed by atoms with E-state index < -0.39 is 39.2 Å². The average molecular weight is 695 g/mol. The van der Waals surface area contributed by atoms with E-state index in [1.54, 1.807) is 42.3 Å². The number of carbonyl (C=O) groups is 2. The number of aromatic nitrogens is 1. The smallest absolute Gasteiger partial charge is 0.322 e. The largest absolute Gasteiger partial charge is 0.439 e. The Kier molecular flexibility index (Phi) is 13.3. The van der Waals surface area contributed by atoms with Crippen LogP contribution in [0.25, 0.3) is 0 Å². The molecule has 0 radical (unpaired) electrons. The first-order valence-corrected chi connectivity index (χ1v) is 16.9. The maximum Gasteiger partial charge on any atom is 0.322 e. The first-order chi connectivity index (χ1) is 21.9. The number of hydrogen-bond donors (Lipinski definition) is 3. The summed E-state index contributed by atoms with van der Waals surface area (Å²) in [6, 6.07) is 9.63. The van der Waals surface area contributed by atoms with Crippen LogP contribution in [0.5, 0.6) is 11.6 Å². The molecular weight excluding hydrogens is 654 g/mol. The first kappa shape index (κ1) is 37.4. The van der Waals surface area contributed by atoms with Crippen molar-refractivity contribution in [2.24, 2.45) is 5.73 Å². The highest BCUT2D eigenvalue weighted by atomic mass is 35.5. The molecule has 1 aromatic heterocycles. The zero-order chi connectivity index (χ0) is 33.4. The van der Waals surface area contributed by atoms with Gasteiger partial charge in [-0.15, -0.1) is 12.4 Å². The number of benzene rings is 2. The molecule has 1 fully saturated rings. The topological polar surface area (TPSA) is 147 Å². The molecule has 1 saturated heterocycles. The van der Waals surface area contributed by atoms with Gasteiger partial charge in [-0.3, -0.25) is 14.4 Å². The van der Waals surface area contributed by atoms with Crippen LogP contribution < -0.4 is 20.5 Å². The number of likely N-dealkylation sites (tertiary alicyclic amines) is 1. The predicted octanol–water partition coefficient (Wildman–Crippen LogP) is 6.04. The molecule has 2 aromatic carbocycles. The van der Waals surface area contributed by atoms with Crippen molar-refractivity contribution in [1.82, 2.24) is 14.8 Å². The standard InChI is InChI=1S/C32H40F2N6O5S.ClH/c1-4-6-13-40(32(42)37-28-17-25(31(35)41)26(33)18-27(28)34)24-11-14-39(15-12-24)20-22-7-10-30(36-19-22)45-29-9-8-23(16-21(29)3)38-46(43,44)5-2;/h7-10,16-19,24,38H,4-6,11-15,20H2,1-3H3,(H2,35,41)(H,37,42);1H. The van der Waals surface area contributed by atoms with Gasteiger partial charge in [0.2, 0.25) is 15.9 Å². The van der Waals surface area contributed by atoms with Crippen molar-refractivity contribution in [3.63, 3.8) is 0 Å². The van der Waals surface area contributed by atoms with Gasteiger partial charge in [0.15, 0.2) is 0 Å². The van der Waals surface area contributed by atoms with Crippen LogP contribution in [0.15, 0.2) is 48.7 Å².